The van der Waals surface area contributed by atoms with Gasteiger partial charge in [0.2, 0.25) is 0 Å². The molecule has 1 aromatic carbocycles. The summed E-state index contributed by atoms with van der Waals surface area (Å²) in [5.74, 6) is 0.736. The molecule has 8 nitrogen and oxygen atoms in total. The normalized spacial score (nSPS) is 23.4. The summed E-state index contributed by atoms with van der Waals surface area (Å²) in [6, 6.07) is 7.30. The maximum Gasteiger partial charge on any atom is 0.192 e. The number of benzene rings is 1. The predicted octanol–water partition coefficient (Wildman–Crippen LogP) is 13.3. The van der Waals surface area contributed by atoms with Gasteiger partial charge in [-0.15, -0.1) is 0 Å². The van der Waals surface area contributed by atoms with Crippen LogP contribution in [0.3, 0.4) is 0 Å². The number of nitrogens with zero attached hydrogens (tertiary/aromatic N) is 2. The van der Waals surface area contributed by atoms with E-state index in [4.69, 9.17) is 22.4 Å². The Hall–Kier alpha value is -0.552. The quantitative estimate of drug-likeness (QED) is 0.109. The van der Waals surface area contributed by atoms with E-state index in [1.165, 1.54) is 42.6 Å². The van der Waals surface area contributed by atoms with Gasteiger partial charge < -0.3 is 32.7 Å². The van der Waals surface area contributed by atoms with Gasteiger partial charge in [-0.25, -0.2) is 0 Å². The van der Waals surface area contributed by atoms with E-state index in [9.17, 15) is 0 Å². The van der Waals surface area contributed by atoms with Crippen LogP contribution in [0.2, 0.25) is 72.5 Å². The number of likely N-dealkylation sites (tertiary alicyclic amines) is 1. The molecule has 61 heavy (non-hydrogen) atoms. The maximum absolute atomic E-state index is 7.76. The highest BCUT2D eigenvalue weighted by Gasteiger charge is 2.55. The summed E-state index contributed by atoms with van der Waals surface area (Å²) < 4.78 is 35.9. The van der Waals surface area contributed by atoms with Gasteiger partial charge >= 0.3 is 0 Å². The third kappa shape index (κ3) is 14.2. The van der Waals surface area contributed by atoms with Gasteiger partial charge in [0.1, 0.15) is 0 Å². The third-order valence-corrected chi connectivity index (χ3v) is 34.1. The van der Waals surface area contributed by atoms with Gasteiger partial charge in [-0.3, -0.25) is 4.90 Å². The summed E-state index contributed by atoms with van der Waals surface area (Å²) in [7, 11) is -8.75. The molecule has 12 heteroatoms. The average molecular weight is 921 g/mol. The molecule has 0 amide bonds. The molecule has 3 aliphatic rings. The van der Waals surface area contributed by atoms with Crippen LogP contribution in [0, 0.1) is 0 Å². The van der Waals surface area contributed by atoms with E-state index in [1.807, 2.05) is 0 Å². The number of piperidine rings is 1. The minimum Gasteiger partial charge on any atom is -0.415 e. The van der Waals surface area contributed by atoms with E-state index in [0.29, 0.717) is 6.61 Å². The molecule has 1 N–H and O–H groups in total. The zero-order chi connectivity index (χ0) is 46.0. The average Bonchev–Trinajstić information content (AvgIpc) is 3.96. The molecule has 2 heterocycles. The van der Waals surface area contributed by atoms with Crippen LogP contribution in [-0.4, -0.2) is 115 Å². The van der Waals surface area contributed by atoms with Gasteiger partial charge in [0.25, 0.3) is 0 Å². The molecular weight excluding hydrogens is 823 g/mol. The molecule has 1 aliphatic carbocycles. The van der Waals surface area contributed by atoms with Crippen LogP contribution in [0.15, 0.2) is 18.2 Å². The van der Waals surface area contributed by atoms with Crippen molar-refractivity contribution in [1.29, 1.82) is 0 Å². The summed E-state index contributed by atoms with van der Waals surface area (Å²) in [5, 5.41) is 4.13. The Balaban J connectivity index is 1.59. The molecule has 0 spiro atoms. The predicted molar refractivity (Wildman–Crippen MR) is 273 cm³/mol. The first-order valence-corrected chi connectivity index (χ1v) is 36.0. The Kier molecular flexibility index (Phi) is 17.5. The lowest BCUT2D eigenvalue weighted by Crippen LogP contribution is -2.70. The first-order valence-electron chi connectivity index (χ1n) is 24.4. The van der Waals surface area contributed by atoms with E-state index < -0.39 is 33.3 Å². The minimum atomic E-state index is -2.26. The summed E-state index contributed by atoms with van der Waals surface area (Å²) >= 11 is 0. The van der Waals surface area contributed by atoms with Crippen molar-refractivity contribution in [3.63, 3.8) is 0 Å². The molecule has 2 aliphatic heterocycles. The van der Waals surface area contributed by atoms with Crippen LogP contribution in [0.4, 0.5) is 11.4 Å². The monoisotopic (exact) mass is 920 g/mol. The first-order chi connectivity index (χ1) is 27.8. The standard InChI is InChI=1S/C49H97N3O5Si4/c1-46(2,3)58(13,14)54-37-42-44(56-60(17,18)48(7,8)9)45(57-61(19,20)49(10,11)12)43(55-59(15,16)47(4,5)6)36-52(42)28-24-22-21-23-27-50-40-33-39(38-25-26-38)34-41(35-40)51-29-31-53-32-30-51/h33-35,38,42-45,50H,21-32,36-37H2,1-20H3/t42-,43?,44?,45?/m1/s1. The number of hydrogen-bond acceptors (Lipinski definition) is 8. The topological polar surface area (TPSA) is 64.7 Å². The number of unbranched alkanes of at least 4 members (excludes halogenated alkanes) is 3. The molecule has 1 saturated carbocycles. The molecule has 0 radical (unpaired) electrons. The zero-order valence-corrected chi connectivity index (χ0v) is 47.5. The Labute approximate surface area is 381 Å². The molecule has 2 saturated heterocycles. The van der Waals surface area contributed by atoms with E-state index in [0.717, 1.165) is 64.7 Å². The molecule has 0 aromatic heterocycles. The highest BCUT2D eigenvalue weighted by molar-refractivity contribution is 6.75. The molecule has 4 rings (SSSR count). The Morgan fingerprint density at radius 1 is 0.623 bits per heavy atom. The molecular formula is C49H97N3O5Si4. The molecule has 1 aromatic rings. The van der Waals surface area contributed by atoms with Crippen molar-refractivity contribution in [3.05, 3.63) is 23.8 Å². The molecule has 3 fully saturated rings. The smallest absolute Gasteiger partial charge is 0.192 e. The van der Waals surface area contributed by atoms with Crippen molar-refractivity contribution in [1.82, 2.24) is 4.90 Å². The van der Waals surface area contributed by atoms with Gasteiger partial charge in [0.05, 0.1) is 44.2 Å². The van der Waals surface area contributed by atoms with E-state index in [2.05, 4.69) is 169 Å². The summed E-state index contributed by atoms with van der Waals surface area (Å²) in [4.78, 5) is 5.24. The Morgan fingerprint density at radius 3 is 1.66 bits per heavy atom. The second-order valence-corrected chi connectivity index (χ2v) is 44.3. The zero-order valence-electron chi connectivity index (χ0n) is 43.5. The van der Waals surface area contributed by atoms with Crippen molar-refractivity contribution in [2.45, 2.75) is 224 Å². The second-order valence-electron chi connectivity index (χ2n) is 25.3. The Bertz CT molecular complexity index is 1530. The largest absolute Gasteiger partial charge is 0.415 e. The number of morpholine rings is 1. The maximum atomic E-state index is 7.76. The lowest BCUT2D eigenvalue weighted by atomic mass is 9.94. The molecule has 0 bridgehead atoms. The highest BCUT2D eigenvalue weighted by Crippen LogP contribution is 2.47. The number of nitrogens with one attached hydrogen (secondary N) is 1. The molecule has 3 unspecified atom stereocenters. The van der Waals surface area contributed by atoms with E-state index in [1.54, 1.807) is 0 Å². The van der Waals surface area contributed by atoms with Crippen molar-refractivity contribution in [3.8, 4) is 0 Å². The van der Waals surface area contributed by atoms with Crippen LogP contribution in [0.25, 0.3) is 0 Å². The van der Waals surface area contributed by atoms with Crippen molar-refractivity contribution in [2.24, 2.45) is 0 Å². The van der Waals surface area contributed by atoms with Crippen LogP contribution in [-0.2, 0) is 22.4 Å². The molecule has 4 atom stereocenters. The van der Waals surface area contributed by atoms with Gasteiger partial charge in [-0.2, -0.15) is 0 Å². The van der Waals surface area contributed by atoms with E-state index >= 15 is 0 Å². The van der Waals surface area contributed by atoms with Gasteiger partial charge in [0, 0.05) is 37.6 Å². The fourth-order valence-electron chi connectivity index (χ4n) is 7.48. The van der Waals surface area contributed by atoms with E-state index in [-0.39, 0.29) is 44.5 Å². The number of rotatable bonds is 19. The van der Waals surface area contributed by atoms with Gasteiger partial charge in [-0.1, -0.05) is 95.9 Å². The number of ether oxygens (including phenoxy) is 1. The first kappa shape index (κ1) is 53.1. The lowest BCUT2D eigenvalue weighted by Gasteiger charge is -2.56. The highest BCUT2D eigenvalue weighted by atomic mass is 28.4. The van der Waals surface area contributed by atoms with Crippen LogP contribution in [0.1, 0.15) is 133 Å². The molecule has 354 valence electrons. The second kappa shape index (κ2) is 20.1. The minimum absolute atomic E-state index is 0.0503. The fourth-order valence-corrected chi connectivity index (χ4v) is 12.5. The summed E-state index contributed by atoms with van der Waals surface area (Å²) in [5.41, 5.74) is 4.13. The number of anilines is 2. The SMILES string of the molecule is CC(C)(C)[Si](C)(C)OC[C@@H]1C(O[Si](C)(C)C(C)(C)C)C(O[Si](C)(C)C(C)(C)C)C(O[Si](C)(C)C(C)(C)C)CN1CCCCCCNc1cc(C2CC2)cc(N2CCOCC2)c1. The van der Waals surface area contributed by atoms with Gasteiger partial charge in [0.15, 0.2) is 33.3 Å². The third-order valence-electron chi connectivity index (χ3n) is 16.2. The van der Waals surface area contributed by atoms with Crippen LogP contribution in [0.5, 0.6) is 0 Å². The fraction of sp³-hybridized carbons (Fsp3) is 0.878. The summed E-state index contributed by atoms with van der Waals surface area (Å²) in [6.45, 7) is 54.8. The van der Waals surface area contributed by atoms with Crippen molar-refractivity contribution >= 4 is 44.6 Å². The van der Waals surface area contributed by atoms with Gasteiger partial charge in [-0.05, 0) is 134 Å². The van der Waals surface area contributed by atoms with Crippen molar-refractivity contribution in [2.75, 3.05) is 62.8 Å². The lowest BCUT2D eigenvalue weighted by molar-refractivity contribution is -0.128. The number of hydrogen-bond donors (Lipinski definition) is 1. The van der Waals surface area contributed by atoms with Crippen molar-refractivity contribution < 1.29 is 22.4 Å². The van der Waals surface area contributed by atoms with Crippen LogP contribution >= 0.6 is 0 Å². The van der Waals surface area contributed by atoms with Crippen LogP contribution < -0.4 is 10.2 Å². The Morgan fingerprint density at radius 2 is 1.13 bits per heavy atom. The summed E-state index contributed by atoms with van der Waals surface area (Å²) in [6.07, 6.45) is 6.95.